The van der Waals surface area contributed by atoms with Crippen molar-refractivity contribution in [2.45, 2.75) is 24.6 Å². The van der Waals surface area contributed by atoms with Crippen molar-refractivity contribution in [3.8, 4) is 0 Å². The first-order chi connectivity index (χ1) is 8.00. The van der Waals surface area contributed by atoms with Crippen molar-refractivity contribution >= 4 is 9.84 Å². The number of nitrogens with one attached hydrogen (secondary N) is 1. The third kappa shape index (κ3) is 2.66. The van der Waals surface area contributed by atoms with Crippen LogP contribution < -0.4 is 5.32 Å². The molecule has 0 spiro atoms. The Morgan fingerprint density at radius 1 is 1.41 bits per heavy atom. The van der Waals surface area contributed by atoms with E-state index < -0.39 is 15.1 Å². The molecule has 5 heteroatoms. The zero-order valence-electron chi connectivity index (χ0n) is 9.69. The third-order valence-corrected chi connectivity index (χ3v) is 5.52. The molecule has 94 valence electrons. The molecule has 1 aromatic rings. The standard InChI is InChI=1S/C12H16FNO2S/c1-9-12(17(15,16)7-6-14-9)8-10-4-2-3-5-11(10)13/h2-5,9,12,14H,6-8H2,1H3. The minimum Gasteiger partial charge on any atom is -0.312 e. The van der Waals surface area contributed by atoms with Crippen molar-refractivity contribution in [1.29, 1.82) is 0 Å². The van der Waals surface area contributed by atoms with Crippen molar-refractivity contribution in [1.82, 2.24) is 5.32 Å². The highest BCUT2D eigenvalue weighted by Gasteiger charge is 2.34. The molecule has 0 amide bonds. The molecule has 0 aliphatic carbocycles. The van der Waals surface area contributed by atoms with Crippen LogP contribution >= 0.6 is 0 Å². The summed E-state index contributed by atoms with van der Waals surface area (Å²) in [5.74, 6) is -0.198. The van der Waals surface area contributed by atoms with Crippen LogP contribution in [-0.2, 0) is 16.3 Å². The highest BCUT2D eigenvalue weighted by Crippen LogP contribution is 2.19. The first-order valence-corrected chi connectivity index (χ1v) is 7.40. The summed E-state index contributed by atoms with van der Waals surface area (Å²) < 4.78 is 37.4. The van der Waals surface area contributed by atoms with E-state index in [1.54, 1.807) is 18.2 Å². The number of rotatable bonds is 2. The number of sulfone groups is 1. The topological polar surface area (TPSA) is 46.2 Å². The quantitative estimate of drug-likeness (QED) is 0.864. The molecule has 1 saturated heterocycles. The summed E-state index contributed by atoms with van der Waals surface area (Å²) in [5.41, 5.74) is 0.469. The first-order valence-electron chi connectivity index (χ1n) is 5.69. The summed E-state index contributed by atoms with van der Waals surface area (Å²) in [7, 11) is -3.12. The lowest BCUT2D eigenvalue weighted by molar-refractivity contribution is 0.473. The molecule has 2 rings (SSSR count). The van der Waals surface area contributed by atoms with E-state index in [1.807, 2.05) is 6.92 Å². The van der Waals surface area contributed by atoms with Crippen LogP contribution in [0.4, 0.5) is 4.39 Å². The van der Waals surface area contributed by atoms with Gasteiger partial charge in [-0.1, -0.05) is 18.2 Å². The molecular weight excluding hydrogens is 241 g/mol. The molecule has 1 N–H and O–H groups in total. The van der Waals surface area contributed by atoms with Crippen LogP contribution in [-0.4, -0.2) is 32.0 Å². The van der Waals surface area contributed by atoms with Crippen molar-refractivity contribution < 1.29 is 12.8 Å². The van der Waals surface area contributed by atoms with Gasteiger partial charge in [0.05, 0.1) is 11.0 Å². The molecule has 0 radical (unpaired) electrons. The first kappa shape index (κ1) is 12.5. The van der Waals surface area contributed by atoms with E-state index in [1.165, 1.54) is 6.07 Å². The van der Waals surface area contributed by atoms with Gasteiger partial charge in [0.1, 0.15) is 5.82 Å². The SMILES string of the molecule is CC1NCCS(=O)(=O)C1Cc1ccccc1F. The summed E-state index contributed by atoms with van der Waals surface area (Å²) >= 11 is 0. The normalized spacial score (nSPS) is 27.9. The predicted octanol–water partition coefficient (Wildman–Crippen LogP) is 1.14. The summed E-state index contributed by atoms with van der Waals surface area (Å²) in [4.78, 5) is 0. The second-order valence-electron chi connectivity index (χ2n) is 4.44. The van der Waals surface area contributed by atoms with Crippen LogP contribution in [0.1, 0.15) is 12.5 Å². The molecule has 1 aliphatic heterocycles. The van der Waals surface area contributed by atoms with Gasteiger partial charge >= 0.3 is 0 Å². The molecule has 17 heavy (non-hydrogen) atoms. The van der Waals surface area contributed by atoms with Crippen LogP contribution in [0.25, 0.3) is 0 Å². The maximum absolute atomic E-state index is 13.5. The van der Waals surface area contributed by atoms with Crippen LogP contribution in [0.5, 0.6) is 0 Å². The zero-order chi connectivity index (χ0) is 12.5. The van der Waals surface area contributed by atoms with Gasteiger partial charge in [0, 0.05) is 12.6 Å². The fraction of sp³-hybridized carbons (Fsp3) is 0.500. The summed E-state index contributed by atoms with van der Waals surface area (Å²) in [6.07, 6.45) is 0.239. The third-order valence-electron chi connectivity index (χ3n) is 3.25. The minimum absolute atomic E-state index is 0.131. The second-order valence-corrected chi connectivity index (χ2v) is 6.78. The number of benzene rings is 1. The Morgan fingerprint density at radius 2 is 2.12 bits per heavy atom. The Balaban J connectivity index is 2.25. The molecule has 2 unspecified atom stereocenters. The van der Waals surface area contributed by atoms with Gasteiger partial charge in [0.15, 0.2) is 9.84 Å². The maximum Gasteiger partial charge on any atom is 0.156 e. The Hall–Kier alpha value is -0.940. The van der Waals surface area contributed by atoms with E-state index >= 15 is 0 Å². The fourth-order valence-corrected chi connectivity index (χ4v) is 4.06. The van der Waals surface area contributed by atoms with E-state index in [0.717, 1.165) is 0 Å². The van der Waals surface area contributed by atoms with E-state index in [4.69, 9.17) is 0 Å². The lowest BCUT2D eigenvalue weighted by atomic mass is 10.0. The monoisotopic (exact) mass is 257 g/mol. The van der Waals surface area contributed by atoms with E-state index in [0.29, 0.717) is 12.1 Å². The number of hydrogen-bond acceptors (Lipinski definition) is 3. The molecule has 1 aromatic carbocycles. The Kier molecular flexibility index (Phi) is 3.49. The summed E-state index contributed by atoms with van der Waals surface area (Å²) in [5, 5.41) is 2.59. The number of halogens is 1. The van der Waals surface area contributed by atoms with E-state index in [2.05, 4.69) is 5.32 Å². The van der Waals surface area contributed by atoms with Gasteiger partial charge < -0.3 is 5.32 Å². The molecule has 1 heterocycles. The fourth-order valence-electron chi connectivity index (χ4n) is 2.21. The van der Waals surface area contributed by atoms with Gasteiger partial charge in [0.2, 0.25) is 0 Å². The molecule has 0 aromatic heterocycles. The van der Waals surface area contributed by atoms with Crippen molar-refractivity contribution in [3.05, 3.63) is 35.6 Å². The van der Waals surface area contributed by atoms with Gasteiger partial charge in [-0.2, -0.15) is 0 Å². The van der Waals surface area contributed by atoms with Crippen molar-refractivity contribution in [3.63, 3.8) is 0 Å². The molecule has 3 nitrogen and oxygen atoms in total. The smallest absolute Gasteiger partial charge is 0.156 e. The maximum atomic E-state index is 13.5. The largest absolute Gasteiger partial charge is 0.312 e. The molecule has 1 aliphatic rings. The minimum atomic E-state index is -3.12. The molecule has 0 bridgehead atoms. The van der Waals surface area contributed by atoms with Crippen LogP contribution in [0.15, 0.2) is 24.3 Å². The average molecular weight is 257 g/mol. The average Bonchev–Trinajstić information content (AvgIpc) is 2.25. The molecule has 0 saturated carbocycles. The molecule has 2 atom stereocenters. The van der Waals surface area contributed by atoms with Gasteiger partial charge in [0.25, 0.3) is 0 Å². The van der Waals surface area contributed by atoms with Crippen molar-refractivity contribution in [2.75, 3.05) is 12.3 Å². The molecular formula is C12H16FNO2S. The molecule has 1 fully saturated rings. The lowest BCUT2D eigenvalue weighted by Crippen LogP contribution is -2.51. The summed E-state index contributed by atoms with van der Waals surface area (Å²) in [6, 6.07) is 6.21. The highest BCUT2D eigenvalue weighted by molar-refractivity contribution is 7.92. The second kappa shape index (κ2) is 4.74. The predicted molar refractivity (Wildman–Crippen MR) is 65.1 cm³/mol. The van der Waals surface area contributed by atoms with Gasteiger partial charge in [-0.3, -0.25) is 0 Å². The van der Waals surface area contributed by atoms with E-state index in [-0.39, 0.29) is 24.0 Å². The zero-order valence-corrected chi connectivity index (χ0v) is 10.5. The highest BCUT2D eigenvalue weighted by atomic mass is 32.2. The van der Waals surface area contributed by atoms with Crippen LogP contribution in [0.2, 0.25) is 0 Å². The van der Waals surface area contributed by atoms with Crippen molar-refractivity contribution in [2.24, 2.45) is 0 Å². The van der Waals surface area contributed by atoms with Crippen LogP contribution in [0.3, 0.4) is 0 Å². The van der Waals surface area contributed by atoms with E-state index in [9.17, 15) is 12.8 Å². The Bertz CT molecular complexity index is 501. The Morgan fingerprint density at radius 3 is 2.76 bits per heavy atom. The number of hydrogen-bond donors (Lipinski definition) is 1. The van der Waals surface area contributed by atoms with Gasteiger partial charge in [-0.05, 0) is 25.0 Å². The van der Waals surface area contributed by atoms with Gasteiger partial charge in [-0.25, -0.2) is 12.8 Å². The lowest BCUT2D eigenvalue weighted by Gasteiger charge is -2.30. The van der Waals surface area contributed by atoms with Gasteiger partial charge in [-0.15, -0.1) is 0 Å². The Labute approximate surface area is 101 Å². The summed E-state index contributed by atoms with van der Waals surface area (Å²) in [6.45, 7) is 2.32. The van der Waals surface area contributed by atoms with Crippen LogP contribution in [0, 0.1) is 5.82 Å².